The third kappa shape index (κ3) is 2.29. The molecular formula is C15H19BCl2O2. The summed E-state index contributed by atoms with van der Waals surface area (Å²) in [4.78, 5) is 0. The van der Waals surface area contributed by atoms with Gasteiger partial charge in [-0.25, -0.2) is 0 Å². The van der Waals surface area contributed by atoms with Gasteiger partial charge in [0, 0.05) is 5.82 Å². The van der Waals surface area contributed by atoms with Crippen LogP contribution in [0.5, 0.6) is 0 Å². The molecule has 0 amide bonds. The molecule has 3 rings (SSSR count). The van der Waals surface area contributed by atoms with Crippen LogP contribution < -0.4 is 0 Å². The van der Waals surface area contributed by atoms with Crippen LogP contribution in [0.3, 0.4) is 0 Å². The molecule has 5 heteroatoms. The van der Waals surface area contributed by atoms with Gasteiger partial charge in [0.25, 0.3) is 0 Å². The predicted molar refractivity (Wildman–Crippen MR) is 83.7 cm³/mol. The zero-order chi connectivity index (χ0) is 14.7. The molecule has 2 atom stereocenters. The minimum Gasteiger partial charge on any atom is -0.403 e. The summed E-state index contributed by atoms with van der Waals surface area (Å²) in [7, 11) is -0.153. The van der Waals surface area contributed by atoms with Crippen molar-refractivity contribution in [2.75, 3.05) is 0 Å². The Morgan fingerprint density at radius 1 is 1.10 bits per heavy atom. The molecule has 0 bridgehead atoms. The zero-order valence-corrected chi connectivity index (χ0v) is 13.8. The summed E-state index contributed by atoms with van der Waals surface area (Å²) < 4.78 is 12.2. The Bertz CT molecular complexity index is 529. The second-order valence-electron chi connectivity index (χ2n) is 6.77. The highest BCUT2D eigenvalue weighted by molar-refractivity contribution is 6.49. The number of benzene rings is 1. The summed E-state index contributed by atoms with van der Waals surface area (Å²) in [5.41, 5.74) is 0.560. The number of hydrogen-bond donors (Lipinski definition) is 0. The van der Waals surface area contributed by atoms with E-state index in [0.29, 0.717) is 21.8 Å². The van der Waals surface area contributed by atoms with Gasteiger partial charge in [-0.15, -0.1) is 0 Å². The van der Waals surface area contributed by atoms with E-state index < -0.39 is 0 Å². The van der Waals surface area contributed by atoms with Crippen molar-refractivity contribution in [3.63, 3.8) is 0 Å². The monoisotopic (exact) mass is 312 g/mol. The largest absolute Gasteiger partial charge is 0.461 e. The van der Waals surface area contributed by atoms with Gasteiger partial charge in [0.1, 0.15) is 0 Å². The van der Waals surface area contributed by atoms with Gasteiger partial charge in [0.15, 0.2) is 0 Å². The Morgan fingerprint density at radius 3 is 2.30 bits per heavy atom. The van der Waals surface area contributed by atoms with Crippen LogP contribution in [0, 0.1) is 0 Å². The molecule has 2 fully saturated rings. The Hall–Kier alpha value is -0.215. The second-order valence-corrected chi connectivity index (χ2v) is 7.56. The first-order valence-electron chi connectivity index (χ1n) is 7.02. The SMILES string of the molecule is CC1(C)OB(C2CC2c2cccc(Cl)c2Cl)OC1(C)C. The minimum absolute atomic E-state index is 0.153. The molecular weight excluding hydrogens is 294 g/mol. The molecule has 1 aromatic rings. The molecule has 0 spiro atoms. The molecule has 1 saturated carbocycles. The lowest BCUT2D eigenvalue weighted by molar-refractivity contribution is 0.00578. The van der Waals surface area contributed by atoms with Crippen LogP contribution in [-0.4, -0.2) is 18.3 Å². The van der Waals surface area contributed by atoms with E-state index in [1.165, 1.54) is 0 Å². The van der Waals surface area contributed by atoms with Crippen LogP contribution in [0.2, 0.25) is 15.9 Å². The maximum atomic E-state index is 6.30. The maximum Gasteiger partial charge on any atom is 0.461 e. The predicted octanol–water partition coefficient (Wildman–Crippen LogP) is 4.94. The first-order chi connectivity index (χ1) is 9.23. The van der Waals surface area contributed by atoms with Crippen molar-refractivity contribution in [2.24, 2.45) is 0 Å². The lowest BCUT2D eigenvalue weighted by Crippen LogP contribution is -2.41. The van der Waals surface area contributed by atoms with Crippen LogP contribution in [0.15, 0.2) is 18.2 Å². The van der Waals surface area contributed by atoms with Gasteiger partial charge < -0.3 is 9.31 Å². The minimum atomic E-state index is -0.275. The van der Waals surface area contributed by atoms with Crippen molar-refractivity contribution in [1.29, 1.82) is 0 Å². The molecule has 1 saturated heterocycles. The van der Waals surface area contributed by atoms with Crippen molar-refractivity contribution < 1.29 is 9.31 Å². The number of halogens is 2. The molecule has 1 aliphatic carbocycles. The highest BCUT2D eigenvalue weighted by atomic mass is 35.5. The molecule has 0 N–H and O–H groups in total. The van der Waals surface area contributed by atoms with Gasteiger partial charge in [0.2, 0.25) is 0 Å². The van der Waals surface area contributed by atoms with Crippen LogP contribution in [0.4, 0.5) is 0 Å². The molecule has 20 heavy (non-hydrogen) atoms. The van der Waals surface area contributed by atoms with E-state index in [1.54, 1.807) is 0 Å². The third-order valence-corrected chi connectivity index (χ3v) is 5.68. The summed E-state index contributed by atoms with van der Waals surface area (Å²) in [6.07, 6.45) is 1.04. The van der Waals surface area contributed by atoms with Crippen molar-refractivity contribution >= 4 is 30.3 Å². The van der Waals surface area contributed by atoms with Crippen LogP contribution in [0.1, 0.15) is 45.6 Å². The summed E-state index contributed by atoms with van der Waals surface area (Å²) in [5, 5.41) is 1.28. The van der Waals surface area contributed by atoms with Crippen LogP contribution in [0.25, 0.3) is 0 Å². The lowest BCUT2D eigenvalue weighted by Gasteiger charge is -2.32. The Morgan fingerprint density at radius 2 is 1.70 bits per heavy atom. The summed E-state index contributed by atoms with van der Waals surface area (Å²) in [6, 6.07) is 5.81. The second kappa shape index (κ2) is 4.64. The third-order valence-electron chi connectivity index (χ3n) is 4.84. The van der Waals surface area contributed by atoms with Crippen LogP contribution in [-0.2, 0) is 9.31 Å². The van der Waals surface area contributed by atoms with E-state index in [1.807, 2.05) is 18.2 Å². The van der Waals surface area contributed by atoms with E-state index in [0.717, 1.165) is 12.0 Å². The zero-order valence-electron chi connectivity index (χ0n) is 12.2. The summed E-state index contributed by atoms with van der Waals surface area (Å²) in [6.45, 7) is 8.32. The average Bonchev–Trinajstić information content (AvgIpc) is 3.07. The van der Waals surface area contributed by atoms with Gasteiger partial charge in [0.05, 0.1) is 21.2 Å². The lowest BCUT2D eigenvalue weighted by atomic mass is 9.79. The first-order valence-corrected chi connectivity index (χ1v) is 7.78. The average molecular weight is 313 g/mol. The normalized spacial score (nSPS) is 30.6. The molecule has 2 unspecified atom stereocenters. The molecule has 2 nitrogen and oxygen atoms in total. The maximum absolute atomic E-state index is 6.30. The van der Waals surface area contributed by atoms with E-state index >= 15 is 0 Å². The highest BCUT2D eigenvalue weighted by Crippen LogP contribution is 2.59. The van der Waals surface area contributed by atoms with Gasteiger partial charge in [-0.05, 0) is 51.7 Å². The molecule has 1 aromatic carbocycles. The molecule has 1 heterocycles. The first kappa shape index (κ1) is 14.7. The van der Waals surface area contributed by atoms with Crippen molar-refractivity contribution in [2.45, 2.75) is 57.1 Å². The smallest absolute Gasteiger partial charge is 0.403 e. The van der Waals surface area contributed by atoms with Crippen LogP contribution >= 0.6 is 23.2 Å². The quantitative estimate of drug-likeness (QED) is 0.720. The molecule has 108 valence electrons. The van der Waals surface area contributed by atoms with Crippen molar-refractivity contribution in [1.82, 2.24) is 0 Å². The molecule has 2 aliphatic rings. The molecule has 1 aliphatic heterocycles. The topological polar surface area (TPSA) is 18.5 Å². The van der Waals surface area contributed by atoms with E-state index in [9.17, 15) is 0 Å². The Balaban J connectivity index is 1.76. The van der Waals surface area contributed by atoms with E-state index in [-0.39, 0.29) is 18.3 Å². The van der Waals surface area contributed by atoms with Gasteiger partial charge in [-0.2, -0.15) is 0 Å². The fraction of sp³-hybridized carbons (Fsp3) is 0.600. The van der Waals surface area contributed by atoms with Gasteiger partial charge >= 0.3 is 7.12 Å². The fourth-order valence-electron chi connectivity index (χ4n) is 2.74. The van der Waals surface area contributed by atoms with Gasteiger partial charge in [-0.3, -0.25) is 0 Å². The van der Waals surface area contributed by atoms with Crippen molar-refractivity contribution in [3.8, 4) is 0 Å². The number of rotatable bonds is 2. The van der Waals surface area contributed by atoms with Crippen molar-refractivity contribution in [3.05, 3.63) is 33.8 Å². The van der Waals surface area contributed by atoms with E-state index in [4.69, 9.17) is 32.5 Å². The fourth-order valence-corrected chi connectivity index (χ4v) is 3.19. The molecule has 0 radical (unpaired) electrons. The van der Waals surface area contributed by atoms with Gasteiger partial charge in [-0.1, -0.05) is 35.3 Å². The summed E-state index contributed by atoms with van der Waals surface area (Å²) in [5.74, 6) is 0.753. The molecule has 0 aromatic heterocycles. The van der Waals surface area contributed by atoms with E-state index in [2.05, 4.69) is 27.7 Å². The Kier molecular flexibility index (Phi) is 3.41. The number of hydrogen-bond acceptors (Lipinski definition) is 2. The summed E-state index contributed by atoms with van der Waals surface area (Å²) >= 11 is 12.4. The highest BCUT2D eigenvalue weighted by Gasteiger charge is 2.60. The standard InChI is InChI=1S/C15H19BCl2O2/c1-14(2)15(3,4)20-16(19-14)11-8-10(11)9-6-5-7-12(17)13(9)18/h5-7,10-11H,8H2,1-4H3. The Labute approximate surface area is 130 Å².